The Bertz CT molecular complexity index is 1430. The van der Waals surface area contributed by atoms with E-state index in [2.05, 4.69) is 0 Å². The van der Waals surface area contributed by atoms with Crippen LogP contribution in [0, 0.1) is 0 Å². The van der Waals surface area contributed by atoms with Gasteiger partial charge in [0.05, 0.1) is 25.9 Å². The maximum atomic E-state index is 13.0. The number of hydrogen-bond acceptors (Lipinski definition) is 16. The lowest BCUT2D eigenvalue weighted by atomic mass is 9.95. The van der Waals surface area contributed by atoms with E-state index in [9.17, 15) is 50.4 Å². The number of rotatable bonds is 12. The smallest absolute Gasteiger partial charge is 0.331 e. The van der Waals surface area contributed by atoms with Crippen LogP contribution in [0.4, 0.5) is 0 Å². The first-order valence-corrected chi connectivity index (χ1v) is 15.1. The SMILES string of the molecule is CC(=O)O[C@H]1[C@H](OCCc2ccc(O)c(O)c2)O[C@H](CO)[C@@H](OC(=O)/C=C/c2ccc(O)c(O)c2)[C@@H]1OC[C@@H]1O[C@@H](C)[C@H](O)[C@@H](O)[C@H]1O. The van der Waals surface area contributed by atoms with Crippen LogP contribution in [0.1, 0.15) is 25.0 Å². The topological polar surface area (TPSA) is 251 Å². The van der Waals surface area contributed by atoms with Gasteiger partial charge in [0, 0.05) is 13.0 Å². The number of carbonyl (C=O) groups is 2. The van der Waals surface area contributed by atoms with E-state index in [1.165, 1.54) is 43.3 Å². The number of benzene rings is 2. The summed E-state index contributed by atoms with van der Waals surface area (Å²) in [5.74, 6) is -3.19. The van der Waals surface area contributed by atoms with Crippen molar-refractivity contribution < 1.29 is 78.9 Å². The van der Waals surface area contributed by atoms with Crippen LogP contribution in [0.3, 0.4) is 0 Å². The summed E-state index contributed by atoms with van der Waals surface area (Å²) in [6.07, 6.45) is -11.1. The number of carbonyl (C=O) groups excluding carboxylic acids is 2. The van der Waals surface area contributed by atoms with Crippen molar-refractivity contribution in [3.8, 4) is 23.0 Å². The van der Waals surface area contributed by atoms with Crippen LogP contribution in [0.5, 0.6) is 23.0 Å². The van der Waals surface area contributed by atoms with Crippen LogP contribution < -0.4 is 0 Å². The molecule has 2 saturated heterocycles. The van der Waals surface area contributed by atoms with E-state index in [0.717, 1.165) is 13.0 Å². The molecule has 0 radical (unpaired) electrons. The minimum atomic E-state index is -1.59. The second-order valence-electron chi connectivity index (χ2n) is 11.4. The van der Waals surface area contributed by atoms with Crippen molar-refractivity contribution >= 4 is 18.0 Å². The molecule has 0 bridgehead atoms. The summed E-state index contributed by atoms with van der Waals surface area (Å²) in [4.78, 5) is 25.3. The van der Waals surface area contributed by atoms with Gasteiger partial charge in [-0.05, 0) is 54.8 Å². The second kappa shape index (κ2) is 16.4. The molecule has 0 amide bonds. The fraction of sp³-hybridized carbons (Fsp3) is 0.500. The number of hydrogen-bond donors (Lipinski definition) is 8. The third kappa shape index (κ3) is 9.12. The van der Waals surface area contributed by atoms with Gasteiger partial charge in [-0.3, -0.25) is 4.79 Å². The van der Waals surface area contributed by atoms with Gasteiger partial charge in [-0.25, -0.2) is 4.79 Å². The molecular formula is C32H40O16. The highest BCUT2D eigenvalue weighted by Crippen LogP contribution is 2.32. The number of phenols is 4. The molecule has 16 nitrogen and oxygen atoms in total. The van der Waals surface area contributed by atoms with E-state index in [-0.39, 0.29) is 30.3 Å². The van der Waals surface area contributed by atoms with Crippen LogP contribution in [0.15, 0.2) is 42.5 Å². The van der Waals surface area contributed by atoms with Crippen molar-refractivity contribution in [1.82, 2.24) is 0 Å². The fourth-order valence-electron chi connectivity index (χ4n) is 5.29. The maximum Gasteiger partial charge on any atom is 0.331 e. The third-order valence-corrected chi connectivity index (χ3v) is 7.85. The molecule has 16 heteroatoms. The minimum absolute atomic E-state index is 0.0732. The van der Waals surface area contributed by atoms with Gasteiger partial charge >= 0.3 is 11.9 Å². The molecule has 0 spiro atoms. The molecule has 2 heterocycles. The number of aromatic hydroxyl groups is 4. The van der Waals surface area contributed by atoms with Gasteiger partial charge in [0.2, 0.25) is 0 Å². The zero-order chi connectivity index (χ0) is 35.1. The highest BCUT2D eigenvalue weighted by atomic mass is 16.7. The van der Waals surface area contributed by atoms with Gasteiger partial charge in [0.1, 0.15) is 36.6 Å². The average Bonchev–Trinajstić information content (AvgIpc) is 3.04. The maximum absolute atomic E-state index is 13.0. The summed E-state index contributed by atoms with van der Waals surface area (Å²) in [7, 11) is 0. The van der Waals surface area contributed by atoms with Gasteiger partial charge in [0.15, 0.2) is 41.5 Å². The van der Waals surface area contributed by atoms with Crippen molar-refractivity contribution in [3.05, 3.63) is 53.6 Å². The molecule has 10 atom stereocenters. The first-order valence-electron chi connectivity index (χ1n) is 15.1. The van der Waals surface area contributed by atoms with Crippen LogP contribution in [0.25, 0.3) is 6.08 Å². The lowest BCUT2D eigenvalue weighted by Gasteiger charge is -2.45. The molecular weight excluding hydrogens is 640 g/mol. The number of ether oxygens (including phenoxy) is 6. The van der Waals surface area contributed by atoms with Gasteiger partial charge < -0.3 is 69.3 Å². The summed E-state index contributed by atoms with van der Waals surface area (Å²) in [6.45, 7) is 1.32. The molecule has 2 aliphatic rings. The van der Waals surface area contributed by atoms with Crippen molar-refractivity contribution in [1.29, 1.82) is 0 Å². The zero-order valence-electron chi connectivity index (χ0n) is 26.1. The first kappa shape index (κ1) is 36.8. The average molecular weight is 681 g/mol. The Morgan fingerprint density at radius 1 is 0.792 bits per heavy atom. The highest BCUT2D eigenvalue weighted by molar-refractivity contribution is 5.87. The van der Waals surface area contributed by atoms with Gasteiger partial charge in [-0.1, -0.05) is 12.1 Å². The second-order valence-corrected chi connectivity index (χ2v) is 11.4. The third-order valence-electron chi connectivity index (χ3n) is 7.85. The summed E-state index contributed by atoms with van der Waals surface area (Å²) >= 11 is 0. The van der Waals surface area contributed by atoms with Gasteiger partial charge in [0.25, 0.3) is 0 Å². The van der Waals surface area contributed by atoms with Crippen molar-refractivity contribution in [2.75, 3.05) is 19.8 Å². The van der Waals surface area contributed by atoms with E-state index in [1.807, 2.05) is 0 Å². The van der Waals surface area contributed by atoms with Gasteiger partial charge in [-0.15, -0.1) is 0 Å². The monoisotopic (exact) mass is 680 g/mol. The van der Waals surface area contributed by atoms with Crippen molar-refractivity contribution in [2.45, 2.75) is 81.5 Å². The lowest BCUT2D eigenvalue weighted by molar-refractivity contribution is -0.317. The Labute approximate surface area is 274 Å². The Morgan fingerprint density at radius 3 is 2.12 bits per heavy atom. The van der Waals surface area contributed by atoms with Crippen molar-refractivity contribution in [2.24, 2.45) is 0 Å². The summed E-state index contributed by atoms with van der Waals surface area (Å²) < 4.78 is 34.6. The molecule has 2 fully saturated rings. The van der Waals surface area contributed by atoms with Crippen molar-refractivity contribution in [3.63, 3.8) is 0 Å². The molecule has 0 aromatic heterocycles. The number of phenolic OH excluding ortho intramolecular Hbond substituents is 4. The fourth-order valence-corrected chi connectivity index (χ4v) is 5.29. The van der Waals surface area contributed by atoms with Gasteiger partial charge in [-0.2, -0.15) is 0 Å². The lowest BCUT2D eigenvalue weighted by Crippen LogP contribution is -2.63. The quantitative estimate of drug-likeness (QED) is 0.0806. The molecule has 2 aromatic rings. The van der Waals surface area contributed by atoms with Crippen LogP contribution in [-0.4, -0.2) is 134 Å². The highest BCUT2D eigenvalue weighted by Gasteiger charge is 2.52. The van der Waals surface area contributed by atoms with E-state index >= 15 is 0 Å². The van der Waals surface area contributed by atoms with Crippen LogP contribution in [0.2, 0.25) is 0 Å². The molecule has 2 aliphatic heterocycles. The summed E-state index contributed by atoms with van der Waals surface area (Å²) in [5.41, 5.74) is 0.913. The molecule has 2 aromatic carbocycles. The molecule has 264 valence electrons. The molecule has 0 saturated carbocycles. The number of esters is 2. The molecule has 0 unspecified atom stereocenters. The summed E-state index contributed by atoms with van der Waals surface area (Å²) in [6, 6.07) is 8.02. The largest absolute Gasteiger partial charge is 0.504 e. The standard InChI is InChI=1S/C32H40O16/c1-15-26(40)28(42)27(41)24(45-15)14-44-30-29(48-25(39)8-5-17-3-6-19(35)21(37)11-17)23(13-33)47-32(31(30)46-16(2)34)43-10-9-18-4-7-20(36)22(38)12-18/h3-8,11-12,15,23-24,26-33,35-38,40-42H,9-10,13-14H2,1-2H3/b8-5+/t15-,23+,24-,26-,27-,28+,29+,30-,31+,32+/m0/s1. The Morgan fingerprint density at radius 2 is 1.48 bits per heavy atom. The van der Waals surface area contributed by atoms with E-state index in [0.29, 0.717) is 11.1 Å². The first-order chi connectivity index (χ1) is 22.8. The van der Waals surface area contributed by atoms with Crippen LogP contribution in [-0.2, 0) is 44.4 Å². The van der Waals surface area contributed by atoms with E-state index in [1.54, 1.807) is 6.07 Å². The Balaban J connectivity index is 1.58. The van der Waals surface area contributed by atoms with Crippen LogP contribution >= 0.6 is 0 Å². The predicted molar refractivity (Wildman–Crippen MR) is 162 cm³/mol. The molecule has 4 rings (SSSR count). The Kier molecular flexibility index (Phi) is 12.6. The predicted octanol–water partition coefficient (Wildman–Crippen LogP) is -0.403. The molecule has 8 N–H and O–H groups in total. The summed E-state index contributed by atoms with van der Waals surface area (Å²) in [5, 5.41) is 79.9. The minimum Gasteiger partial charge on any atom is -0.504 e. The van der Waals surface area contributed by atoms with E-state index in [4.69, 9.17) is 28.4 Å². The number of aliphatic hydroxyl groups excluding tert-OH is 4. The zero-order valence-corrected chi connectivity index (χ0v) is 26.1. The number of aliphatic hydroxyl groups is 4. The van der Waals surface area contributed by atoms with E-state index < -0.39 is 92.1 Å². The molecule has 0 aliphatic carbocycles. The Hall–Kier alpha value is -4.00. The normalized spacial score (nSPS) is 30.6. The molecule has 48 heavy (non-hydrogen) atoms.